The largest absolute Gasteiger partial charge is 0.388 e. The lowest BCUT2D eigenvalue weighted by Crippen LogP contribution is -2.11. The summed E-state index contributed by atoms with van der Waals surface area (Å²) in [7, 11) is 1.87. The van der Waals surface area contributed by atoms with Gasteiger partial charge >= 0.3 is 0 Å². The van der Waals surface area contributed by atoms with Crippen molar-refractivity contribution in [3.05, 3.63) is 29.6 Å². The van der Waals surface area contributed by atoms with Crippen molar-refractivity contribution in [1.29, 1.82) is 0 Å². The Balaban J connectivity index is 2.13. The molecule has 0 aliphatic carbocycles. The van der Waals surface area contributed by atoms with E-state index in [1.54, 1.807) is 10.9 Å². The third-order valence-electron chi connectivity index (χ3n) is 3.14. The van der Waals surface area contributed by atoms with E-state index in [1.807, 2.05) is 18.7 Å². The van der Waals surface area contributed by atoms with Crippen molar-refractivity contribution in [2.75, 3.05) is 0 Å². The molecule has 6 heteroatoms. The maximum absolute atomic E-state index is 10.2. The van der Waals surface area contributed by atoms with Crippen LogP contribution in [0.5, 0.6) is 0 Å². The molecule has 1 unspecified atom stereocenters. The molecule has 0 bridgehead atoms. The fourth-order valence-corrected chi connectivity index (χ4v) is 1.97. The first-order valence-electron chi connectivity index (χ1n) is 6.16. The predicted octanol–water partition coefficient (Wildman–Crippen LogP) is 1.01. The van der Waals surface area contributed by atoms with Gasteiger partial charge in [-0.15, -0.1) is 0 Å². The van der Waals surface area contributed by atoms with Crippen LogP contribution < -0.4 is 0 Å². The van der Waals surface area contributed by atoms with Crippen LogP contribution in [0.15, 0.2) is 12.5 Å². The van der Waals surface area contributed by atoms with Gasteiger partial charge in [0.25, 0.3) is 0 Å². The molecule has 0 spiro atoms. The topological polar surface area (TPSA) is 68.8 Å². The Morgan fingerprint density at radius 2 is 2.17 bits per heavy atom. The Labute approximate surface area is 106 Å². The molecule has 0 fully saturated rings. The Kier molecular flexibility index (Phi) is 3.76. The summed E-state index contributed by atoms with van der Waals surface area (Å²) in [6.07, 6.45) is 4.12. The maximum atomic E-state index is 10.2. The van der Waals surface area contributed by atoms with Crippen molar-refractivity contribution in [1.82, 2.24) is 24.5 Å². The van der Waals surface area contributed by atoms with E-state index >= 15 is 0 Å². The number of hydrogen-bond acceptors (Lipinski definition) is 4. The number of aliphatic hydroxyl groups excluding tert-OH is 1. The summed E-state index contributed by atoms with van der Waals surface area (Å²) in [6, 6.07) is 0. The predicted molar refractivity (Wildman–Crippen MR) is 66.9 cm³/mol. The molecule has 0 radical (unpaired) electrons. The summed E-state index contributed by atoms with van der Waals surface area (Å²) >= 11 is 0. The van der Waals surface area contributed by atoms with Crippen LogP contribution in [0.4, 0.5) is 0 Å². The lowest BCUT2D eigenvalue weighted by molar-refractivity contribution is 0.173. The van der Waals surface area contributed by atoms with Crippen molar-refractivity contribution < 1.29 is 5.11 Å². The van der Waals surface area contributed by atoms with Crippen LogP contribution in [0, 0.1) is 6.92 Å². The van der Waals surface area contributed by atoms with Gasteiger partial charge in [-0.05, 0) is 13.3 Å². The summed E-state index contributed by atoms with van der Waals surface area (Å²) < 4.78 is 3.60. The Morgan fingerprint density at radius 3 is 2.78 bits per heavy atom. The monoisotopic (exact) mass is 249 g/mol. The molecule has 1 atom stereocenters. The van der Waals surface area contributed by atoms with Gasteiger partial charge in [0.2, 0.25) is 0 Å². The number of rotatable bonds is 5. The molecule has 2 heterocycles. The SMILES string of the molecule is CCCn1ncnc1CC(O)c1cnn(C)c1C. The zero-order valence-electron chi connectivity index (χ0n) is 11.0. The highest BCUT2D eigenvalue weighted by Gasteiger charge is 2.17. The first-order chi connectivity index (χ1) is 8.63. The van der Waals surface area contributed by atoms with E-state index in [-0.39, 0.29) is 0 Å². The third-order valence-corrected chi connectivity index (χ3v) is 3.14. The number of aliphatic hydroxyl groups is 1. The van der Waals surface area contributed by atoms with Crippen LogP contribution in [-0.2, 0) is 20.0 Å². The molecule has 0 aliphatic heterocycles. The molecule has 1 N–H and O–H groups in total. The van der Waals surface area contributed by atoms with Gasteiger partial charge in [0, 0.05) is 31.3 Å². The molecular formula is C12H19N5O. The van der Waals surface area contributed by atoms with E-state index in [4.69, 9.17) is 0 Å². The molecule has 2 aromatic rings. The van der Waals surface area contributed by atoms with Crippen LogP contribution in [0.25, 0.3) is 0 Å². The van der Waals surface area contributed by atoms with Gasteiger partial charge in [0.15, 0.2) is 0 Å². The number of nitrogens with zero attached hydrogens (tertiary/aromatic N) is 5. The molecule has 0 amide bonds. The van der Waals surface area contributed by atoms with Gasteiger partial charge in [-0.25, -0.2) is 4.98 Å². The fourth-order valence-electron chi connectivity index (χ4n) is 1.97. The fraction of sp³-hybridized carbons (Fsp3) is 0.583. The highest BCUT2D eigenvalue weighted by molar-refractivity contribution is 5.19. The standard InChI is InChI=1S/C12H19N5O/c1-4-5-17-12(13-8-15-17)6-11(18)10-7-14-16(3)9(10)2/h7-8,11,18H,4-6H2,1-3H3. The molecule has 0 saturated carbocycles. The molecule has 2 aromatic heterocycles. The number of aryl methyl sites for hydroxylation is 2. The minimum atomic E-state index is -0.585. The van der Waals surface area contributed by atoms with E-state index < -0.39 is 6.10 Å². The quantitative estimate of drug-likeness (QED) is 0.858. The molecular weight excluding hydrogens is 230 g/mol. The highest BCUT2D eigenvalue weighted by atomic mass is 16.3. The molecule has 0 aromatic carbocycles. The second-order valence-electron chi connectivity index (χ2n) is 4.43. The normalized spacial score (nSPS) is 12.9. The lowest BCUT2D eigenvalue weighted by atomic mass is 10.1. The van der Waals surface area contributed by atoms with Crippen molar-refractivity contribution in [3.8, 4) is 0 Å². The summed E-state index contributed by atoms with van der Waals surface area (Å²) in [4.78, 5) is 4.20. The van der Waals surface area contributed by atoms with Gasteiger partial charge in [0.05, 0.1) is 12.3 Å². The first-order valence-corrected chi connectivity index (χ1v) is 6.16. The van der Waals surface area contributed by atoms with Gasteiger partial charge < -0.3 is 5.11 Å². The average molecular weight is 249 g/mol. The molecule has 2 rings (SSSR count). The zero-order valence-corrected chi connectivity index (χ0v) is 11.0. The van der Waals surface area contributed by atoms with Crippen molar-refractivity contribution in [2.45, 2.75) is 39.3 Å². The second kappa shape index (κ2) is 5.30. The smallest absolute Gasteiger partial charge is 0.138 e. The third kappa shape index (κ3) is 2.43. The van der Waals surface area contributed by atoms with Crippen LogP contribution in [0.1, 0.15) is 36.5 Å². The molecule has 0 saturated heterocycles. The van der Waals surface area contributed by atoms with Crippen molar-refractivity contribution in [3.63, 3.8) is 0 Å². The van der Waals surface area contributed by atoms with E-state index in [0.717, 1.165) is 30.0 Å². The van der Waals surface area contributed by atoms with Crippen molar-refractivity contribution in [2.24, 2.45) is 7.05 Å². The lowest BCUT2D eigenvalue weighted by Gasteiger charge is -2.10. The molecule has 0 aliphatic rings. The second-order valence-corrected chi connectivity index (χ2v) is 4.43. The van der Waals surface area contributed by atoms with E-state index in [1.165, 1.54) is 6.33 Å². The van der Waals surface area contributed by atoms with Gasteiger partial charge in [-0.3, -0.25) is 9.36 Å². The van der Waals surface area contributed by atoms with E-state index in [9.17, 15) is 5.11 Å². The molecule has 98 valence electrons. The minimum absolute atomic E-state index is 0.465. The molecule has 6 nitrogen and oxygen atoms in total. The van der Waals surface area contributed by atoms with Crippen LogP contribution >= 0.6 is 0 Å². The van der Waals surface area contributed by atoms with Gasteiger partial charge in [-0.2, -0.15) is 10.2 Å². The highest BCUT2D eigenvalue weighted by Crippen LogP contribution is 2.20. The Bertz CT molecular complexity index is 516. The minimum Gasteiger partial charge on any atom is -0.388 e. The van der Waals surface area contributed by atoms with Crippen LogP contribution in [0.3, 0.4) is 0 Å². The first kappa shape index (κ1) is 12.8. The number of aromatic nitrogens is 5. The summed E-state index contributed by atoms with van der Waals surface area (Å²) in [6.45, 7) is 4.86. The summed E-state index contributed by atoms with van der Waals surface area (Å²) in [5.74, 6) is 0.813. The maximum Gasteiger partial charge on any atom is 0.138 e. The van der Waals surface area contributed by atoms with Gasteiger partial charge in [0.1, 0.15) is 12.2 Å². The van der Waals surface area contributed by atoms with Gasteiger partial charge in [-0.1, -0.05) is 6.92 Å². The number of hydrogen-bond donors (Lipinski definition) is 1. The average Bonchev–Trinajstić information content (AvgIpc) is 2.89. The Morgan fingerprint density at radius 1 is 1.39 bits per heavy atom. The summed E-state index contributed by atoms with van der Waals surface area (Å²) in [5, 5.41) is 18.5. The van der Waals surface area contributed by atoms with Crippen LogP contribution in [0.2, 0.25) is 0 Å². The van der Waals surface area contributed by atoms with E-state index in [2.05, 4.69) is 22.1 Å². The zero-order chi connectivity index (χ0) is 13.1. The van der Waals surface area contributed by atoms with Crippen LogP contribution in [-0.4, -0.2) is 29.7 Å². The van der Waals surface area contributed by atoms with Crippen molar-refractivity contribution >= 4 is 0 Å². The molecule has 18 heavy (non-hydrogen) atoms. The van der Waals surface area contributed by atoms with E-state index in [0.29, 0.717) is 6.42 Å². The summed E-state index contributed by atoms with van der Waals surface area (Å²) in [5.41, 5.74) is 1.83. The Hall–Kier alpha value is -1.69.